The highest BCUT2D eigenvalue weighted by molar-refractivity contribution is 5.87. The minimum Gasteiger partial charge on any atom is -0.478 e. The molecule has 1 aliphatic rings. The van der Waals surface area contributed by atoms with Crippen LogP contribution in [-0.4, -0.2) is 28.6 Å². The van der Waals surface area contributed by atoms with E-state index in [0.29, 0.717) is 6.04 Å². The van der Waals surface area contributed by atoms with E-state index in [1.165, 1.54) is 25.5 Å². The summed E-state index contributed by atoms with van der Waals surface area (Å²) < 4.78 is 0. The van der Waals surface area contributed by atoms with Crippen LogP contribution in [0.4, 0.5) is 5.82 Å². The topological polar surface area (TPSA) is 53.4 Å². The summed E-state index contributed by atoms with van der Waals surface area (Å²) in [5.74, 6) is -0.0173. The van der Waals surface area contributed by atoms with Crippen LogP contribution in [0.2, 0.25) is 0 Å². The molecule has 1 aromatic rings. The van der Waals surface area contributed by atoms with Crippen LogP contribution in [0, 0.1) is 0 Å². The van der Waals surface area contributed by atoms with Crippen LogP contribution < -0.4 is 4.90 Å². The largest absolute Gasteiger partial charge is 0.478 e. The number of nitrogens with zero attached hydrogens (tertiary/aromatic N) is 2. The lowest BCUT2D eigenvalue weighted by Gasteiger charge is -2.36. The molecule has 1 fully saturated rings. The molecule has 1 N–H and O–H groups in total. The van der Waals surface area contributed by atoms with Crippen LogP contribution in [-0.2, 0) is 0 Å². The van der Waals surface area contributed by atoms with E-state index in [1.54, 1.807) is 6.07 Å². The minimum atomic E-state index is -0.922. The summed E-state index contributed by atoms with van der Waals surface area (Å²) >= 11 is 0. The first-order chi connectivity index (χ1) is 8.22. The number of pyridine rings is 1. The molecule has 1 saturated heterocycles. The summed E-state index contributed by atoms with van der Waals surface area (Å²) in [7, 11) is 0. The predicted molar refractivity (Wildman–Crippen MR) is 66.5 cm³/mol. The molecule has 4 heteroatoms. The Kier molecular flexibility index (Phi) is 3.61. The van der Waals surface area contributed by atoms with Crippen molar-refractivity contribution in [3.8, 4) is 0 Å². The third-order valence-electron chi connectivity index (χ3n) is 3.39. The first kappa shape index (κ1) is 11.9. The van der Waals surface area contributed by atoms with E-state index in [0.717, 1.165) is 18.8 Å². The maximum atomic E-state index is 10.8. The lowest BCUT2D eigenvalue weighted by atomic mass is 10.00. The van der Waals surface area contributed by atoms with Crippen molar-refractivity contribution in [3.63, 3.8) is 0 Å². The van der Waals surface area contributed by atoms with Crippen molar-refractivity contribution in [2.75, 3.05) is 11.4 Å². The maximum absolute atomic E-state index is 10.8. The van der Waals surface area contributed by atoms with Gasteiger partial charge in [0.1, 0.15) is 5.82 Å². The molecule has 0 radical (unpaired) electrons. The normalized spacial score (nSPS) is 20.3. The number of anilines is 1. The highest BCUT2D eigenvalue weighted by Gasteiger charge is 2.21. The third-order valence-corrected chi connectivity index (χ3v) is 3.39. The second-order valence-corrected chi connectivity index (χ2v) is 4.46. The van der Waals surface area contributed by atoms with Gasteiger partial charge < -0.3 is 10.0 Å². The summed E-state index contributed by atoms with van der Waals surface area (Å²) in [6, 6.07) is 4.00. The van der Waals surface area contributed by atoms with Crippen LogP contribution >= 0.6 is 0 Å². The van der Waals surface area contributed by atoms with Gasteiger partial charge in [-0.1, -0.05) is 6.92 Å². The Bertz CT molecular complexity index is 389. The summed E-state index contributed by atoms with van der Waals surface area (Å²) in [6.07, 6.45) is 6.24. The molecule has 1 aliphatic heterocycles. The van der Waals surface area contributed by atoms with E-state index in [2.05, 4.69) is 16.8 Å². The van der Waals surface area contributed by atoms with Gasteiger partial charge in [-0.3, -0.25) is 0 Å². The number of hydrogen-bond acceptors (Lipinski definition) is 3. The maximum Gasteiger partial charge on any atom is 0.337 e. The molecular weight excluding hydrogens is 216 g/mol. The zero-order valence-electron chi connectivity index (χ0n) is 10.1. The van der Waals surface area contributed by atoms with E-state index in [-0.39, 0.29) is 5.56 Å². The molecule has 1 atom stereocenters. The summed E-state index contributed by atoms with van der Waals surface area (Å²) in [5, 5.41) is 8.83. The first-order valence-electron chi connectivity index (χ1n) is 6.18. The van der Waals surface area contributed by atoms with Crippen LogP contribution in [0.15, 0.2) is 18.3 Å². The molecule has 0 aliphatic carbocycles. The molecule has 0 amide bonds. The average Bonchev–Trinajstić information content (AvgIpc) is 2.39. The van der Waals surface area contributed by atoms with Gasteiger partial charge in [-0.25, -0.2) is 9.78 Å². The van der Waals surface area contributed by atoms with E-state index < -0.39 is 5.97 Å². The second-order valence-electron chi connectivity index (χ2n) is 4.46. The number of carboxylic acids is 1. The van der Waals surface area contributed by atoms with Gasteiger partial charge in [0.15, 0.2) is 0 Å². The highest BCUT2D eigenvalue weighted by Crippen LogP contribution is 2.24. The number of aromatic nitrogens is 1. The fraction of sp³-hybridized carbons (Fsp3) is 0.538. The van der Waals surface area contributed by atoms with Crippen LogP contribution in [0.1, 0.15) is 43.0 Å². The molecule has 4 nitrogen and oxygen atoms in total. The van der Waals surface area contributed by atoms with Gasteiger partial charge in [0.25, 0.3) is 0 Å². The van der Waals surface area contributed by atoms with Gasteiger partial charge in [0.05, 0.1) is 5.56 Å². The van der Waals surface area contributed by atoms with E-state index in [9.17, 15) is 4.79 Å². The van der Waals surface area contributed by atoms with E-state index >= 15 is 0 Å². The van der Waals surface area contributed by atoms with Gasteiger partial charge in [0, 0.05) is 18.8 Å². The molecule has 0 saturated carbocycles. The van der Waals surface area contributed by atoms with Gasteiger partial charge in [-0.15, -0.1) is 0 Å². The first-order valence-corrected chi connectivity index (χ1v) is 6.18. The van der Waals surface area contributed by atoms with Crippen molar-refractivity contribution in [3.05, 3.63) is 23.9 Å². The van der Waals surface area contributed by atoms with E-state index in [1.807, 2.05) is 6.07 Å². The fourth-order valence-corrected chi connectivity index (χ4v) is 2.41. The number of piperidine rings is 1. The number of rotatable bonds is 3. The van der Waals surface area contributed by atoms with Crippen molar-refractivity contribution in [1.82, 2.24) is 4.98 Å². The molecule has 2 heterocycles. The van der Waals surface area contributed by atoms with Gasteiger partial charge >= 0.3 is 5.97 Å². The SMILES string of the molecule is CC[C@@H]1CCCCN1c1ccc(C(=O)O)cn1. The van der Waals surface area contributed by atoms with E-state index in [4.69, 9.17) is 5.11 Å². The minimum absolute atomic E-state index is 0.249. The number of carbonyl (C=O) groups is 1. The smallest absolute Gasteiger partial charge is 0.337 e. The van der Waals surface area contributed by atoms with Crippen molar-refractivity contribution >= 4 is 11.8 Å². The van der Waals surface area contributed by atoms with Gasteiger partial charge in [-0.2, -0.15) is 0 Å². The molecule has 2 rings (SSSR count). The monoisotopic (exact) mass is 234 g/mol. The second kappa shape index (κ2) is 5.17. The van der Waals surface area contributed by atoms with Crippen molar-refractivity contribution < 1.29 is 9.90 Å². The molecule has 0 spiro atoms. The molecule has 0 aromatic carbocycles. The lowest BCUT2D eigenvalue weighted by Crippen LogP contribution is -2.39. The third kappa shape index (κ3) is 2.57. The molecule has 92 valence electrons. The van der Waals surface area contributed by atoms with Gasteiger partial charge in [0.2, 0.25) is 0 Å². The quantitative estimate of drug-likeness (QED) is 0.873. The Balaban J connectivity index is 2.17. The van der Waals surface area contributed by atoms with Crippen molar-refractivity contribution in [2.24, 2.45) is 0 Å². The van der Waals surface area contributed by atoms with Crippen LogP contribution in [0.25, 0.3) is 0 Å². The number of hydrogen-bond donors (Lipinski definition) is 1. The molecule has 0 unspecified atom stereocenters. The Morgan fingerprint density at radius 2 is 2.35 bits per heavy atom. The summed E-state index contributed by atoms with van der Waals surface area (Å²) in [5.41, 5.74) is 0.249. The van der Waals surface area contributed by atoms with Crippen molar-refractivity contribution in [1.29, 1.82) is 0 Å². The molecule has 0 bridgehead atoms. The zero-order chi connectivity index (χ0) is 12.3. The Morgan fingerprint density at radius 3 is 2.94 bits per heavy atom. The Labute approximate surface area is 101 Å². The fourth-order valence-electron chi connectivity index (χ4n) is 2.41. The number of aromatic carboxylic acids is 1. The Hall–Kier alpha value is -1.58. The molecule has 17 heavy (non-hydrogen) atoms. The van der Waals surface area contributed by atoms with Crippen molar-refractivity contribution in [2.45, 2.75) is 38.6 Å². The predicted octanol–water partition coefficient (Wildman–Crippen LogP) is 2.55. The Morgan fingerprint density at radius 1 is 1.53 bits per heavy atom. The molecule has 1 aromatic heterocycles. The van der Waals surface area contributed by atoms with Crippen LogP contribution in [0.5, 0.6) is 0 Å². The summed E-state index contributed by atoms with van der Waals surface area (Å²) in [6.45, 7) is 3.21. The van der Waals surface area contributed by atoms with Crippen LogP contribution in [0.3, 0.4) is 0 Å². The van der Waals surface area contributed by atoms with Gasteiger partial charge in [-0.05, 0) is 37.8 Å². The molecular formula is C13H18N2O2. The zero-order valence-corrected chi connectivity index (χ0v) is 10.1. The highest BCUT2D eigenvalue weighted by atomic mass is 16.4. The standard InChI is InChI=1S/C13H18N2O2/c1-2-11-5-3-4-8-15(11)12-7-6-10(9-14-12)13(16)17/h6-7,9,11H,2-5,8H2,1H3,(H,16,17)/t11-/m1/s1. The lowest BCUT2D eigenvalue weighted by molar-refractivity contribution is 0.0696. The number of carboxylic acid groups (broad SMARTS) is 1. The summed E-state index contributed by atoms with van der Waals surface area (Å²) in [4.78, 5) is 17.3. The average molecular weight is 234 g/mol.